The number of fused-ring (bicyclic) bond motifs is 3. The quantitative estimate of drug-likeness (QED) is 0.214. The van der Waals surface area contributed by atoms with Crippen molar-refractivity contribution < 1.29 is 22.3 Å². The van der Waals surface area contributed by atoms with Gasteiger partial charge < -0.3 is 4.74 Å². The van der Waals surface area contributed by atoms with Gasteiger partial charge in [-0.25, -0.2) is 17.6 Å². The summed E-state index contributed by atoms with van der Waals surface area (Å²) in [5.41, 5.74) is 1.66. The Balaban J connectivity index is 1.37. The third-order valence-corrected chi connectivity index (χ3v) is 9.19. The number of rotatable bonds is 8. The Labute approximate surface area is 219 Å². The lowest BCUT2D eigenvalue weighted by Crippen LogP contribution is -2.25. The Morgan fingerprint density at radius 1 is 0.676 bits per heavy atom. The number of hydrogen-bond acceptors (Lipinski definition) is 1. The zero-order valence-electron chi connectivity index (χ0n) is 22.3. The molecule has 3 aliphatic rings. The van der Waals surface area contributed by atoms with Crippen LogP contribution in [0.15, 0.2) is 12.1 Å². The molecular weight excluding hydrogens is 476 g/mol. The summed E-state index contributed by atoms with van der Waals surface area (Å²) in [5.74, 6) is -3.47. The molecule has 5 rings (SSSR count). The highest BCUT2D eigenvalue weighted by molar-refractivity contribution is 5.79. The van der Waals surface area contributed by atoms with E-state index in [9.17, 15) is 0 Å². The van der Waals surface area contributed by atoms with E-state index in [0.717, 1.165) is 51.4 Å². The lowest BCUT2D eigenvalue weighted by atomic mass is 9.76. The fraction of sp³-hybridized carbons (Fsp3) is 0.625. The summed E-state index contributed by atoms with van der Waals surface area (Å²) in [6.45, 7) is 4.67. The predicted octanol–water partition coefficient (Wildman–Crippen LogP) is 9.73. The van der Waals surface area contributed by atoms with Gasteiger partial charge in [0, 0.05) is 17.0 Å². The van der Waals surface area contributed by atoms with Gasteiger partial charge in [0.15, 0.2) is 23.3 Å². The van der Waals surface area contributed by atoms with Gasteiger partial charge in [-0.15, -0.1) is 0 Å². The summed E-state index contributed by atoms with van der Waals surface area (Å²) < 4.78 is 67.5. The summed E-state index contributed by atoms with van der Waals surface area (Å²) in [5, 5.41) is 0. The van der Waals surface area contributed by atoms with Crippen molar-refractivity contribution in [1.82, 2.24) is 0 Å². The van der Waals surface area contributed by atoms with Crippen LogP contribution in [0.1, 0.15) is 125 Å². The molecule has 0 bridgehead atoms. The number of ether oxygens (including phenoxy) is 1. The predicted molar refractivity (Wildman–Crippen MR) is 140 cm³/mol. The third kappa shape index (κ3) is 5.22. The van der Waals surface area contributed by atoms with Crippen molar-refractivity contribution in [2.45, 2.75) is 115 Å². The van der Waals surface area contributed by atoms with E-state index in [4.69, 9.17) is 4.74 Å². The molecule has 2 atom stereocenters. The molecule has 1 nitrogen and oxygen atoms in total. The van der Waals surface area contributed by atoms with Gasteiger partial charge in [-0.1, -0.05) is 58.1 Å². The monoisotopic (exact) mass is 516 g/mol. The van der Waals surface area contributed by atoms with E-state index in [1.807, 2.05) is 0 Å². The first kappa shape index (κ1) is 26.7. The Morgan fingerprint density at radius 3 is 1.81 bits per heavy atom. The maximum atomic E-state index is 15.5. The molecule has 0 amide bonds. The molecule has 2 unspecified atom stereocenters. The van der Waals surface area contributed by atoms with Crippen LogP contribution < -0.4 is 0 Å². The van der Waals surface area contributed by atoms with E-state index < -0.39 is 23.3 Å². The van der Waals surface area contributed by atoms with Crippen molar-refractivity contribution in [3.8, 4) is 11.1 Å². The first-order valence-corrected chi connectivity index (χ1v) is 14.6. The highest BCUT2D eigenvalue weighted by Crippen LogP contribution is 2.47. The van der Waals surface area contributed by atoms with E-state index in [1.165, 1.54) is 25.7 Å². The first-order chi connectivity index (χ1) is 17.9. The molecule has 2 aliphatic carbocycles. The Kier molecular flexibility index (Phi) is 8.28. The van der Waals surface area contributed by atoms with Crippen molar-refractivity contribution >= 4 is 0 Å². The largest absolute Gasteiger partial charge is 0.378 e. The standard InChI is InChI=1S/C32H40F4O/c1-3-5-6-8-19-9-11-20(12-10-19)25-16-22-15-23-17-26(21-13-14-24(7-4-2)37-18-21)30(34)32(36)28(23)27(22)31(35)29(25)33/h16-17,19-21,24H,3-15,18H2,1-2H3. The van der Waals surface area contributed by atoms with Gasteiger partial charge in [-0.05, 0) is 85.5 Å². The van der Waals surface area contributed by atoms with Crippen LogP contribution in [-0.4, -0.2) is 12.7 Å². The number of hydrogen-bond donors (Lipinski definition) is 0. The highest BCUT2D eigenvalue weighted by atomic mass is 19.2. The van der Waals surface area contributed by atoms with Gasteiger partial charge in [0.25, 0.3) is 0 Å². The molecule has 2 fully saturated rings. The van der Waals surface area contributed by atoms with Gasteiger partial charge in [0.1, 0.15) is 0 Å². The topological polar surface area (TPSA) is 9.23 Å². The zero-order valence-corrected chi connectivity index (χ0v) is 22.3. The summed E-state index contributed by atoms with van der Waals surface area (Å²) in [7, 11) is 0. The van der Waals surface area contributed by atoms with Crippen LogP contribution in [0.3, 0.4) is 0 Å². The fourth-order valence-corrected chi connectivity index (χ4v) is 7.07. The van der Waals surface area contributed by atoms with Crippen molar-refractivity contribution in [3.63, 3.8) is 0 Å². The second kappa shape index (κ2) is 11.5. The first-order valence-electron chi connectivity index (χ1n) is 14.6. The summed E-state index contributed by atoms with van der Waals surface area (Å²) >= 11 is 0. The van der Waals surface area contributed by atoms with E-state index in [-0.39, 0.29) is 29.1 Å². The van der Waals surface area contributed by atoms with Crippen LogP contribution in [-0.2, 0) is 11.2 Å². The van der Waals surface area contributed by atoms with Crippen LogP contribution in [0, 0.1) is 29.2 Å². The molecule has 0 N–H and O–H groups in total. The van der Waals surface area contributed by atoms with Gasteiger partial charge in [0.05, 0.1) is 12.7 Å². The van der Waals surface area contributed by atoms with Crippen molar-refractivity contribution in [1.29, 1.82) is 0 Å². The van der Waals surface area contributed by atoms with Crippen molar-refractivity contribution in [2.24, 2.45) is 5.92 Å². The molecule has 0 radical (unpaired) electrons. The minimum Gasteiger partial charge on any atom is -0.378 e. The van der Waals surface area contributed by atoms with Crippen molar-refractivity contribution in [3.05, 3.63) is 57.7 Å². The molecule has 2 aromatic carbocycles. The van der Waals surface area contributed by atoms with Crippen LogP contribution in [0.2, 0.25) is 0 Å². The minimum atomic E-state index is -1.06. The average Bonchev–Trinajstić information content (AvgIpc) is 3.28. The van der Waals surface area contributed by atoms with E-state index >= 15 is 17.6 Å². The summed E-state index contributed by atoms with van der Waals surface area (Å²) in [4.78, 5) is 0. The number of benzene rings is 2. The molecular formula is C32H40F4O. The van der Waals surface area contributed by atoms with Gasteiger partial charge in [-0.3, -0.25) is 0 Å². The maximum absolute atomic E-state index is 15.5. The van der Waals surface area contributed by atoms with E-state index in [0.29, 0.717) is 41.2 Å². The van der Waals surface area contributed by atoms with Crippen molar-refractivity contribution in [2.75, 3.05) is 6.61 Å². The lowest BCUT2D eigenvalue weighted by molar-refractivity contribution is -0.00182. The second-order valence-corrected chi connectivity index (χ2v) is 11.7. The second-order valence-electron chi connectivity index (χ2n) is 11.7. The Morgan fingerprint density at radius 2 is 1.27 bits per heavy atom. The van der Waals surface area contributed by atoms with Crippen LogP contribution in [0.5, 0.6) is 0 Å². The molecule has 1 saturated carbocycles. The molecule has 202 valence electrons. The molecule has 0 spiro atoms. The molecule has 1 saturated heterocycles. The number of unbranched alkanes of at least 4 members (excludes halogenated alkanes) is 2. The van der Waals surface area contributed by atoms with Gasteiger partial charge in [-0.2, -0.15) is 0 Å². The molecule has 1 heterocycles. The van der Waals surface area contributed by atoms with E-state index in [1.54, 1.807) is 12.1 Å². The average molecular weight is 517 g/mol. The number of halogens is 4. The minimum absolute atomic E-state index is 0.0152. The molecule has 5 heteroatoms. The Hall–Kier alpha value is -1.88. The van der Waals surface area contributed by atoms with Crippen LogP contribution in [0.25, 0.3) is 11.1 Å². The normalized spacial score (nSPS) is 25.2. The van der Waals surface area contributed by atoms with Crippen LogP contribution >= 0.6 is 0 Å². The molecule has 2 aromatic rings. The lowest BCUT2D eigenvalue weighted by Gasteiger charge is -2.30. The fourth-order valence-electron chi connectivity index (χ4n) is 7.07. The third-order valence-electron chi connectivity index (χ3n) is 9.19. The zero-order chi connectivity index (χ0) is 26.1. The SMILES string of the molecule is CCCCCC1CCC(c2cc3c(c(F)c2F)-c2c(cc(C4CCC(CCC)OC4)c(F)c2F)C3)CC1. The molecule has 37 heavy (non-hydrogen) atoms. The van der Waals surface area contributed by atoms with Crippen LogP contribution in [0.4, 0.5) is 17.6 Å². The van der Waals surface area contributed by atoms with Gasteiger partial charge >= 0.3 is 0 Å². The summed E-state index contributed by atoms with van der Waals surface area (Å²) in [6.07, 6.45) is 12.7. The maximum Gasteiger partial charge on any atom is 0.167 e. The summed E-state index contributed by atoms with van der Waals surface area (Å²) in [6, 6.07) is 3.42. The van der Waals surface area contributed by atoms with Gasteiger partial charge in [0.2, 0.25) is 0 Å². The van der Waals surface area contributed by atoms with E-state index in [2.05, 4.69) is 13.8 Å². The molecule has 1 aliphatic heterocycles. The molecule has 0 aromatic heterocycles. The highest BCUT2D eigenvalue weighted by Gasteiger charge is 2.35. The smallest absolute Gasteiger partial charge is 0.167 e. The Bertz CT molecular complexity index is 1110.